The first-order valence-corrected chi connectivity index (χ1v) is 7.03. The second kappa shape index (κ2) is 6.30. The number of amides is 1. The number of anilines is 1. The highest BCUT2D eigenvalue weighted by Crippen LogP contribution is 2.29. The maximum absolute atomic E-state index is 12.2. The lowest BCUT2D eigenvalue weighted by Gasteiger charge is -2.10. The molecule has 118 valence electrons. The van der Waals surface area contributed by atoms with Crippen LogP contribution in [0.5, 0.6) is 5.75 Å². The summed E-state index contributed by atoms with van der Waals surface area (Å²) in [5, 5.41) is 13.7. The molecular weight excluding hydrogens is 296 g/mol. The molecule has 0 radical (unpaired) electrons. The van der Waals surface area contributed by atoms with Gasteiger partial charge >= 0.3 is 0 Å². The summed E-state index contributed by atoms with van der Waals surface area (Å²) < 4.78 is 6.80. The third kappa shape index (κ3) is 3.05. The van der Waals surface area contributed by atoms with Gasteiger partial charge in [-0.05, 0) is 19.1 Å². The van der Waals surface area contributed by atoms with E-state index in [2.05, 4.69) is 25.6 Å². The Hall–Kier alpha value is -3.16. The Labute approximate surface area is 132 Å². The molecule has 0 aliphatic carbocycles. The van der Waals surface area contributed by atoms with E-state index in [0.717, 1.165) is 17.0 Å². The van der Waals surface area contributed by atoms with Crippen molar-refractivity contribution >= 4 is 11.7 Å². The van der Waals surface area contributed by atoms with Gasteiger partial charge < -0.3 is 10.1 Å². The second-order valence-electron chi connectivity index (χ2n) is 4.91. The van der Waals surface area contributed by atoms with Gasteiger partial charge in [-0.3, -0.25) is 9.89 Å². The molecule has 2 aromatic heterocycles. The molecule has 0 saturated heterocycles. The highest BCUT2D eigenvalue weighted by molar-refractivity contribution is 5.93. The summed E-state index contributed by atoms with van der Waals surface area (Å²) in [4.78, 5) is 16.0. The fraction of sp³-hybridized carbons (Fsp3) is 0.200. The summed E-state index contributed by atoms with van der Waals surface area (Å²) in [7, 11) is 1.61. The maximum Gasteiger partial charge on any atom is 0.250 e. The summed E-state index contributed by atoms with van der Waals surface area (Å²) in [5.74, 6) is 0.932. The van der Waals surface area contributed by atoms with Crippen molar-refractivity contribution in [3.8, 4) is 17.0 Å². The number of hydrogen-bond donors (Lipinski definition) is 2. The van der Waals surface area contributed by atoms with E-state index >= 15 is 0 Å². The van der Waals surface area contributed by atoms with Gasteiger partial charge in [0.05, 0.1) is 12.8 Å². The molecule has 23 heavy (non-hydrogen) atoms. The SMILES string of the molecule is COc1ccccc1-c1cc(NC(=O)C(C)n2cncn2)n[nH]1. The van der Waals surface area contributed by atoms with Crippen molar-refractivity contribution in [3.05, 3.63) is 43.0 Å². The summed E-state index contributed by atoms with van der Waals surface area (Å²) in [6, 6.07) is 8.84. The highest BCUT2D eigenvalue weighted by atomic mass is 16.5. The van der Waals surface area contributed by atoms with E-state index in [-0.39, 0.29) is 5.91 Å². The fourth-order valence-corrected chi connectivity index (χ4v) is 2.16. The number of hydrogen-bond acceptors (Lipinski definition) is 5. The van der Waals surface area contributed by atoms with Crippen LogP contribution < -0.4 is 10.1 Å². The Morgan fingerprint density at radius 1 is 1.39 bits per heavy atom. The first-order valence-electron chi connectivity index (χ1n) is 7.03. The van der Waals surface area contributed by atoms with Crippen LogP contribution in [0.25, 0.3) is 11.3 Å². The van der Waals surface area contributed by atoms with Gasteiger partial charge in [-0.25, -0.2) is 9.67 Å². The third-order valence-electron chi connectivity index (χ3n) is 3.44. The van der Waals surface area contributed by atoms with Gasteiger partial charge in [-0.15, -0.1) is 0 Å². The molecule has 2 N–H and O–H groups in total. The number of benzene rings is 1. The van der Waals surface area contributed by atoms with Gasteiger partial charge in [-0.1, -0.05) is 12.1 Å². The summed E-state index contributed by atoms with van der Waals surface area (Å²) in [5.41, 5.74) is 1.62. The lowest BCUT2D eigenvalue weighted by Crippen LogP contribution is -2.24. The molecule has 0 fully saturated rings. The predicted molar refractivity (Wildman–Crippen MR) is 83.9 cm³/mol. The van der Waals surface area contributed by atoms with Crippen molar-refractivity contribution in [2.45, 2.75) is 13.0 Å². The minimum atomic E-state index is -0.482. The predicted octanol–water partition coefficient (Wildman–Crippen LogP) is 1.88. The zero-order valence-electron chi connectivity index (χ0n) is 12.7. The Balaban J connectivity index is 1.76. The lowest BCUT2D eigenvalue weighted by molar-refractivity contribution is -0.119. The molecule has 8 heteroatoms. The van der Waals surface area contributed by atoms with Crippen LogP contribution >= 0.6 is 0 Å². The normalized spacial score (nSPS) is 11.9. The Kier molecular flexibility index (Phi) is 4.05. The summed E-state index contributed by atoms with van der Waals surface area (Å²) >= 11 is 0. The van der Waals surface area contributed by atoms with Crippen LogP contribution in [-0.2, 0) is 4.79 Å². The van der Waals surface area contributed by atoms with Crippen LogP contribution in [0.15, 0.2) is 43.0 Å². The van der Waals surface area contributed by atoms with Gasteiger partial charge in [0.25, 0.3) is 0 Å². The van der Waals surface area contributed by atoms with Gasteiger partial charge in [0.1, 0.15) is 24.4 Å². The van der Waals surface area contributed by atoms with E-state index in [4.69, 9.17) is 4.74 Å². The van der Waals surface area contributed by atoms with E-state index in [1.807, 2.05) is 24.3 Å². The van der Waals surface area contributed by atoms with Gasteiger partial charge in [0.15, 0.2) is 5.82 Å². The number of ether oxygens (including phenoxy) is 1. The van der Waals surface area contributed by atoms with Crippen LogP contribution in [0.2, 0.25) is 0 Å². The number of H-pyrrole nitrogens is 1. The molecule has 0 saturated carbocycles. The molecule has 1 amide bonds. The molecule has 0 aliphatic rings. The van der Waals surface area contributed by atoms with Crippen molar-refractivity contribution in [2.75, 3.05) is 12.4 Å². The number of nitrogens with zero attached hydrogens (tertiary/aromatic N) is 4. The average Bonchev–Trinajstić information content (AvgIpc) is 3.26. The van der Waals surface area contributed by atoms with E-state index < -0.39 is 6.04 Å². The largest absolute Gasteiger partial charge is 0.496 e. The molecule has 1 atom stereocenters. The fourth-order valence-electron chi connectivity index (χ4n) is 2.16. The van der Waals surface area contributed by atoms with Gasteiger partial charge in [0.2, 0.25) is 5.91 Å². The number of aromatic nitrogens is 5. The van der Waals surface area contributed by atoms with Crippen LogP contribution in [0, 0.1) is 0 Å². The lowest BCUT2D eigenvalue weighted by atomic mass is 10.1. The molecule has 1 aromatic carbocycles. The highest BCUT2D eigenvalue weighted by Gasteiger charge is 2.17. The zero-order chi connectivity index (χ0) is 16.2. The van der Waals surface area contributed by atoms with Gasteiger partial charge in [-0.2, -0.15) is 10.2 Å². The zero-order valence-corrected chi connectivity index (χ0v) is 12.7. The summed E-state index contributed by atoms with van der Waals surface area (Å²) in [6.45, 7) is 1.73. The first-order chi connectivity index (χ1) is 11.2. The van der Waals surface area contributed by atoms with Crippen LogP contribution in [-0.4, -0.2) is 38.0 Å². The van der Waals surface area contributed by atoms with Crippen molar-refractivity contribution in [2.24, 2.45) is 0 Å². The topological polar surface area (TPSA) is 97.7 Å². The molecule has 0 bridgehead atoms. The Morgan fingerprint density at radius 2 is 2.22 bits per heavy atom. The van der Waals surface area contributed by atoms with Crippen LogP contribution in [0.3, 0.4) is 0 Å². The number of aromatic amines is 1. The van der Waals surface area contributed by atoms with Crippen LogP contribution in [0.1, 0.15) is 13.0 Å². The number of methoxy groups -OCH3 is 1. The number of para-hydroxylation sites is 1. The minimum Gasteiger partial charge on any atom is -0.496 e. The quantitative estimate of drug-likeness (QED) is 0.749. The Morgan fingerprint density at radius 3 is 2.96 bits per heavy atom. The van der Waals surface area contributed by atoms with Crippen LogP contribution in [0.4, 0.5) is 5.82 Å². The molecule has 2 heterocycles. The number of carbonyl (C=O) groups excluding carboxylic acids is 1. The standard InChI is InChI=1S/C15H16N6O2/c1-10(21-9-16-8-17-21)15(22)18-14-7-12(19-20-14)11-5-3-4-6-13(11)23-2/h3-10H,1-2H3,(H2,18,19,20,22). The molecule has 3 aromatic rings. The van der Waals surface area contributed by atoms with Gasteiger partial charge in [0, 0.05) is 11.6 Å². The molecule has 8 nitrogen and oxygen atoms in total. The Bertz CT molecular complexity index is 796. The molecule has 3 rings (SSSR count). The first kappa shape index (κ1) is 14.8. The maximum atomic E-state index is 12.2. The molecule has 0 spiro atoms. The van der Waals surface area contributed by atoms with Crippen molar-refractivity contribution in [3.63, 3.8) is 0 Å². The number of carbonyl (C=O) groups is 1. The average molecular weight is 312 g/mol. The molecule has 1 unspecified atom stereocenters. The number of nitrogens with one attached hydrogen (secondary N) is 2. The molecular formula is C15H16N6O2. The second-order valence-corrected chi connectivity index (χ2v) is 4.91. The number of rotatable bonds is 5. The minimum absolute atomic E-state index is 0.228. The van der Waals surface area contributed by atoms with E-state index in [0.29, 0.717) is 5.82 Å². The van der Waals surface area contributed by atoms with Crippen molar-refractivity contribution in [1.29, 1.82) is 0 Å². The smallest absolute Gasteiger partial charge is 0.250 e. The van der Waals surface area contributed by atoms with E-state index in [9.17, 15) is 4.79 Å². The van der Waals surface area contributed by atoms with Crippen molar-refractivity contribution < 1.29 is 9.53 Å². The van der Waals surface area contributed by atoms with Crippen molar-refractivity contribution in [1.82, 2.24) is 25.0 Å². The molecule has 0 aliphatic heterocycles. The van der Waals surface area contributed by atoms with E-state index in [1.54, 1.807) is 20.1 Å². The monoisotopic (exact) mass is 312 g/mol. The third-order valence-corrected chi connectivity index (χ3v) is 3.44. The summed E-state index contributed by atoms with van der Waals surface area (Å²) in [6.07, 6.45) is 2.88. The van der Waals surface area contributed by atoms with E-state index in [1.165, 1.54) is 17.3 Å².